The lowest BCUT2D eigenvalue weighted by atomic mass is 10.2. The second-order valence-corrected chi connectivity index (χ2v) is 7.01. The van der Waals surface area contributed by atoms with Crippen LogP contribution in [0.1, 0.15) is 15.9 Å². The van der Waals surface area contributed by atoms with Crippen molar-refractivity contribution in [1.29, 1.82) is 0 Å². The summed E-state index contributed by atoms with van der Waals surface area (Å²) in [6, 6.07) is 22.6. The van der Waals surface area contributed by atoms with Gasteiger partial charge in [-0.15, -0.1) is 0 Å². The van der Waals surface area contributed by atoms with Crippen molar-refractivity contribution in [3.8, 4) is 5.75 Å². The van der Waals surface area contributed by atoms with Gasteiger partial charge < -0.3 is 9.84 Å². The third-order valence-corrected chi connectivity index (χ3v) is 5.00. The molecule has 0 saturated carbocycles. The van der Waals surface area contributed by atoms with E-state index in [1.807, 2.05) is 30.3 Å². The van der Waals surface area contributed by atoms with Crippen molar-refractivity contribution in [2.24, 2.45) is 0 Å². The van der Waals surface area contributed by atoms with Crippen molar-refractivity contribution in [1.82, 2.24) is 9.13 Å². The number of hydrogen-bond acceptors (Lipinski definition) is 4. The Balaban J connectivity index is 1.63. The SMILES string of the molecule is O=C(O)c1ccc(OCCn2c(=O)c3ccccc3n(Cc3ccccc3)c2=O)cc1. The second kappa shape index (κ2) is 8.71. The predicted molar refractivity (Wildman–Crippen MR) is 117 cm³/mol. The fourth-order valence-electron chi connectivity index (χ4n) is 3.44. The summed E-state index contributed by atoms with van der Waals surface area (Å²) < 4.78 is 8.39. The Morgan fingerprint density at radius 3 is 2.23 bits per heavy atom. The minimum Gasteiger partial charge on any atom is -0.492 e. The molecule has 7 nitrogen and oxygen atoms in total. The molecule has 0 bridgehead atoms. The minimum atomic E-state index is -1.02. The topological polar surface area (TPSA) is 90.5 Å². The fourth-order valence-corrected chi connectivity index (χ4v) is 3.44. The van der Waals surface area contributed by atoms with E-state index in [0.717, 1.165) is 5.56 Å². The normalized spacial score (nSPS) is 10.8. The van der Waals surface area contributed by atoms with E-state index in [1.165, 1.54) is 16.7 Å². The number of carboxylic acids is 1. The quantitative estimate of drug-likeness (QED) is 0.500. The molecule has 0 saturated heterocycles. The molecule has 3 aromatic carbocycles. The van der Waals surface area contributed by atoms with Crippen LogP contribution in [0.2, 0.25) is 0 Å². The number of hydrogen-bond donors (Lipinski definition) is 1. The Bertz CT molecular complexity index is 1340. The summed E-state index contributed by atoms with van der Waals surface area (Å²) in [5.41, 5.74) is 0.923. The fraction of sp³-hybridized carbons (Fsp3) is 0.125. The molecule has 4 aromatic rings. The van der Waals surface area contributed by atoms with Gasteiger partial charge in [-0.05, 0) is 42.0 Å². The number of para-hydroxylation sites is 1. The van der Waals surface area contributed by atoms with Crippen LogP contribution in [0.4, 0.5) is 0 Å². The molecule has 0 aliphatic carbocycles. The lowest BCUT2D eigenvalue weighted by Crippen LogP contribution is -2.41. The molecule has 0 unspecified atom stereocenters. The number of nitrogens with zero attached hydrogens (tertiary/aromatic N) is 2. The van der Waals surface area contributed by atoms with Gasteiger partial charge >= 0.3 is 11.7 Å². The van der Waals surface area contributed by atoms with Gasteiger partial charge in [-0.3, -0.25) is 13.9 Å². The Morgan fingerprint density at radius 1 is 0.839 bits per heavy atom. The third kappa shape index (κ3) is 4.25. The molecular formula is C24H20N2O5. The van der Waals surface area contributed by atoms with Crippen LogP contribution in [-0.2, 0) is 13.1 Å². The maximum absolute atomic E-state index is 13.2. The molecule has 4 rings (SSSR count). The van der Waals surface area contributed by atoms with E-state index in [1.54, 1.807) is 41.0 Å². The highest BCUT2D eigenvalue weighted by Crippen LogP contribution is 2.13. The zero-order chi connectivity index (χ0) is 21.8. The van der Waals surface area contributed by atoms with Crippen molar-refractivity contribution < 1.29 is 14.6 Å². The largest absolute Gasteiger partial charge is 0.492 e. The first-order chi connectivity index (χ1) is 15.0. The number of aromatic carboxylic acids is 1. The second-order valence-electron chi connectivity index (χ2n) is 7.01. The van der Waals surface area contributed by atoms with Crippen LogP contribution in [0.15, 0.2) is 88.5 Å². The maximum atomic E-state index is 13.2. The van der Waals surface area contributed by atoms with E-state index in [0.29, 0.717) is 23.2 Å². The first-order valence-corrected chi connectivity index (χ1v) is 9.77. The molecule has 31 heavy (non-hydrogen) atoms. The summed E-state index contributed by atoms with van der Waals surface area (Å²) in [6.45, 7) is 0.501. The lowest BCUT2D eigenvalue weighted by molar-refractivity contribution is 0.0697. The molecule has 0 spiro atoms. The van der Waals surface area contributed by atoms with Gasteiger partial charge in [0.2, 0.25) is 0 Å². The van der Waals surface area contributed by atoms with Crippen molar-refractivity contribution in [3.63, 3.8) is 0 Å². The molecule has 0 amide bonds. The van der Waals surface area contributed by atoms with Gasteiger partial charge in [0.05, 0.1) is 29.6 Å². The number of benzene rings is 3. The Morgan fingerprint density at radius 2 is 1.52 bits per heavy atom. The van der Waals surface area contributed by atoms with Crippen molar-refractivity contribution in [2.45, 2.75) is 13.1 Å². The molecule has 0 fully saturated rings. The van der Waals surface area contributed by atoms with E-state index in [4.69, 9.17) is 9.84 Å². The highest BCUT2D eigenvalue weighted by Gasteiger charge is 2.13. The van der Waals surface area contributed by atoms with E-state index in [9.17, 15) is 14.4 Å². The molecule has 1 aromatic heterocycles. The van der Waals surface area contributed by atoms with Crippen LogP contribution in [0.25, 0.3) is 10.9 Å². The van der Waals surface area contributed by atoms with Crippen molar-refractivity contribution >= 4 is 16.9 Å². The van der Waals surface area contributed by atoms with Crippen LogP contribution in [0.3, 0.4) is 0 Å². The van der Waals surface area contributed by atoms with Gasteiger partial charge in [0.1, 0.15) is 12.4 Å². The summed E-state index contributed by atoms with van der Waals surface area (Å²) in [6.07, 6.45) is 0. The van der Waals surface area contributed by atoms with Crippen LogP contribution in [-0.4, -0.2) is 26.8 Å². The van der Waals surface area contributed by atoms with Crippen LogP contribution in [0.5, 0.6) is 5.75 Å². The molecule has 7 heteroatoms. The van der Waals surface area contributed by atoms with Crippen LogP contribution >= 0.6 is 0 Å². The zero-order valence-corrected chi connectivity index (χ0v) is 16.6. The molecule has 0 aliphatic rings. The van der Waals surface area contributed by atoms with Gasteiger partial charge in [-0.25, -0.2) is 9.59 Å². The van der Waals surface area contributed by atoms with Gasteiger partial charge in [-0.1, -0.05) is 42.5 Å². The average Bonchev–Trinajstić information content (AvgIpc) is 2.80. The average molecular weight is 416 g/mol. The van der Waals surface area contributed by atoms with Crippen LogP contribution in [0, 0.1) is 0 Å². The summed E-state index contributed by atoms with van der Waals surface area (Å²) in [7, 11) is 0. The van der Waals surface area contributed by atoms with Crippen molar-refractivity contribution in [3.05, 3.63) is 111 Å². The molecule has 1 heterocycles. The first-order valence-electron chi connectivity index (χ1n) is 9.77. The number of aromatic nitrogens is 2. The molecule has 156 valence electrons. The zero-order valence-electron chi connectivity index (χ0n) is 16.6. The number of ether oxygens (including phenoxy) is 1. The summed E-state index contributed by atoms with van der Waals surface area (Å²) >= 11 is 0. The monoisotopic (exact) mass is 416 g/mol. The maximum Gasteiger partial charge on any atom is 0.335 e. The summed E-state index contributed by atoms with van der Waals surface area (Å²) in [5.74, 6) is -0.559. The van der Waals surface area contributed by atoms with Gasteiger partial charge in [-0.2, -0.15) is 0 Å². The van der Waals surface area contributed by atoms with E-state index < -0.39 is 11.7 Å². The van der Waals surface area contributed by atoms with Gasteiger partial charge in [0, 0.05) is 0 Å². The lowest BCUT2D eigenvalue weighted by Gasteiger charge is -2.14. The molecule has 0 radical (unpaired) electrons. The Hall–Kier alpha value is -4.13. The third-order valence-electron chi connectivity index (χ3n) is 5.00. The highest BCUT2D eigenvalue weighted by atomic mass is 16.5. The van der Waals surface area contributed by atoms with Gasteiger partial charge in [0.25, 0.3) is 5.56 Å². The smallest absolute Gasteiger partial charge is 0.335 e. The van der Waals surface area contributed by atoms with Crippen LogP contribution < -0.4 is 16.0 Å². The number of rotatable bonds is 7. The highest BCUT2D eigenvalue weighted by molar-refractivity contribution is 5.87. The molecule has 0 atom stereocenters. The van der Waals surface area contributed by atoms with Crippen molar-refractivity contribution in [2.75, 3.05) is 6.61 Å². The Labute approximate surface area is 177 Å². The molecule has 0 aliphatic heterocycles. The summed E-state index contributed by atoms with van der Waals surface area (Å²) in [4.78, 5) is 37.1. The minimum absolute atomic E-state index is 0.0674. The number of fused-ring (bicyclic) bond motifs is 1. The first kappa shape index (κ1) is 20.2. The van der Waals surface area contributed by atoms with E-state index in [2.05, 4.69) is 0 Å². The predicted octanol–water partition coefficient (Wildman–Crippen LogP) is 2.99. The Kier molecular flexibility index (Phi) is 5.66. The molecular weight excluding hydrogens is 396 g/mol. The number of carbonyl (C=O) groups is 1. The van der Waals surface area contributed by atoms with E-state index >= 15 is 0 Å². The van der Waals surface area contributed by atoms with Gasteiger partial charge in [0.15, 0.2) is 0 Å². The number of carboxylic acid groups (broad SMARTS) is 1. The summed E-state index contributed by atoms with van der Waals surface area (Å²) in [5, 5.41) is 9.43. The molecule has 1 N–H and O–H groups in total. The standard InChI is InChI=1S/C24H20N2O5/c27-22-20-8-4-5-9-21(20)26(16-17-6-2-1-3-7-17)24(30)25(22)14-15-31-19-12-10-18(11-13-19)23(28)29/h1-13H,14-16H2,(H,28,29). The van der Waals surface area contributed by atoms with E-state index in [-0.39, 0.29) is 24.3 Å².